The summed E-state index contributed by atoms with van der Waals surface area (Å²) in [6, 6.07) is 1.79. The van der Waals surface area contributed by atoms with Gasteiger partial charge in [-0.3, -0.25) is 9.59 Å². The summed E-state index contributed by atoms with van der Waals surface area (Å²) in [6.45, 7) is 0. The molecule has 94 valence electrons. The molecule has 0 radical (unpaired) electrons. The fraction of sp³-hybridized carbons (Fsp3) is 0.538. The van der Waals surface area contributed by atoms with Crippen LogP contribution in [0, 0.1) is 5.92 Å². The average molecular weight is 254 g/mol. The third-order valence-corrected chi connectivity index (χ3v) is 3.57. The summed E-state index contributed by atoms with van der Waals surface area (Å²) in [6.07, 6.45) is 7.26. The minimum Gasteiger partial charge on any atom is -0.481 e. The van der Waals surface area contributed by atoms with E-state index in [4.69, 9.17) is 5.11 Å². The second-order valence-corrected chi connectivity index (χ2v) is 5.06. The Balaban J connectivity index is 0.000000181. The van der Waals surface area contributed by atoms with E-state index in [1.54, 1.807) is 6.07 Å². The Hall–Kier alpha value is -1.16. The number of rotatable bonds is 3. The molecule has 0 unspecified atom stereocenters. The lowest BCUT2D eigenvalue weighted by Crippen LogP contribution is -2.10. The van der Waals surface area contributed by atoms with E-state index in [9.17, 15) is 9.59 Å². The van der Waals surface area contributed by atoms with Crippen molar-refractivity contribution in [2.75, 3.05) is 0 Å². The average Bonchev–Trinajstić information content (AvgIpc) is 2.83. The lowest BCUT2D eigenvalue weighted by Gasteiger charge is -2.18. The van der Waals surface area contributed by atoms with E-state index in [0.29, 0.717) is 12.3 Å². The normalized spacial score (nSPS) is 15.8. The van der Waals surface area contributed by atoms with Crippen LogP contribution in [0.3, 0.4) is 0 Å². The van der Waals surface area contributed by atoms with Crippen molar-refractivity contribution in [2.45, 2.75) is 38.5 Å². The molecule has 3 nitrogen and oxygen atoms in total. The number of hydrogen-bond acceptors (Lipinski definition) is 3. The predicted molar refractivity (Wildman–Crippen MR) is 68.5 cm³/mol. The topological polar surface area (TPSA) is 54.4 Å². The van der Waals surface area contributed by atoms with Gasteiger partial charge in [-0.2, -0.15) is 11.3 Å². The minimum absolute atomic E-state index is 0.389. The molecule has 0 aromatic carbocycles. The molecule has 1 saturated carbocycles. The van der Waals surface area contributed by atoms with Crippen molar-refractivity contribution < 1.29 is 14.7 Å². The molecule has 0 bridgehead atoms. The Morgan fingerprint density at radius 3 is 2.53 bits per heavy atom. The maximum absolute atomic E-state index is 10.3. The molecule has 1 N–H and O–H groups in total. The quantitative estimate of drug-likeness (QED) is 0.838. The van der Waals surface area contributed by atoms with Crippen LogP contribution in [0.25, 0.3) is 0 Å². The zero-order valence-corrected chi connectivity index (χ0v) is 10.6. The zero-order valence-electron chi connectivity index (χ0n) is 9.80. The highest BCUT2D eigenvalue weighted by Gasteiger charge is 2.15. The summed E-state index contributed by atoms with van der Waals surface area (Å²) >= 11 is 1.53. The molecule has 1 fully saturated rings. The molecule has 17 heavy (non-hydrogen) atoms. The highest BCUT2D eigenvalue weighted by molar-refractivity contribution is 7.08. The van der Waals surface area contributed by atoms with Crippen molar-refractivity contribution in [3.8, 4) is 0 Å². The summed E-state index contributed by atoms with van der Waals surface area (Å²) in [7, 11) is 0. The maximum atomic E-state index is 10.3. The minimum atomic E-state index is -0.632. The Morgan fingerprint density at radius 1 is 1.41 bits per heavy atom. The molecular formula is C13H18O3S. The summed E-state index contributed by atoms with van der Waals surface area (Å²) in [5, 5.41) is 12.2. The molecule has 0 saturated heterocycles. The monoisotopic (exact) mass is 254 g/mol. The first-order valence-corrected chi connectivity index (χ1v) is 6.86. The van der Waals surface area contributed by atoms with Crippen molar-refractivity contribution >= 4 is 23.6 Å². The Kier molecular flexibility index (Phi) is 6.55. The van der Waals surface area contributed by atoms with Crippen LogP contribution >= 0.6 is 11.3 Å². The van der Waals surface area contributed by atoms with Crippen LogP contribution in [0.5, 0.6) is 0 Å². The molecule has 2 rings (SSSR count). The second kappa shape index (κ2) is 8.01. The fourth-order valence-corrected chi connectivity index (χ4v) is 2.59. The lowest BCUT2D eigenvalue weighted by atomic mass is 9.87. The number of hydrogen-bond donors (Lipinski definition) is 1. The van der Waals surface area contributed by atoms with Crippen LogP contribution in [-0.2, 0) is 4.79 Å². The van der Waals surface area contributed by atoms with Gasteiger partial charge in [-0.15, -0.1) is 0 Å². The third-order valence-electron chi connectivity index (χ3n) is 2.87. The predicted octanol–water partition coefficient (Wildman–Crippen LogP) is 3.60. The van der Waals surface area contributed by atoms with Gasteiger partial charge >= 0.3 is 5.97 Å². The van der Waals surface area contributed by atoms with Crippen LogP contribution in [0.15, 0.2) is 16.8 Å². The molecule has 4 heteroatoms. The van der Waals surface area contributed by atoms with Crippen LogP contribution in [-0.4, -0.2) is 17.4 Å². The van der Waals surface area contributed by atoms with E-state index in [1.165, 1.54) is 30.6 Å². The van der Waals surface area contributed by atoms with Gasteiger partial charge in [0.25, 0.3) is 0 Å². The van der Waals surface area contributed by atoms with Gasteiger partial charge in [-0.1, -0.05) is 19.3 Å². The van der Waals surface area contributed by atoms with Gasteiger partial charge in [0.05, 0.1) is 0 Å². The van der Waals surface area contributed by atoms with Gasteiger partial charge in [0.1, 0.15) is 0 Å². The van der Waals surface area contributed by atoms with E-state index >= 15 is 0 Å². The smallest absolute Gasteiger partial charge is 0.303 e. The SMILES string of the molecule is O=C(O)CC1CCCCC1.O=Cc1ccsc1. The second-order valence-electron chi connectivity index (χ2n) is 4.28. The molecular weight excluding hydrogens is 236 g/mol. The molecule has 0 amide bonds. The van der Waals surface area contributed by atoms with E-state index in [-0.39, 0.29) is 0 Å². The lowest BCUT2D eigenvalue weighted by molar-refractivity contribution is -0.138. The largest absolute Gasteiger partial charge is 0.481 e. The van der Waals surface area contributed by atoms with Crippen LogP contribution < -0.4 is 0 Å². The van der Waals surface area contributed by atoms with Crippen LogP contribution in [0.4, 0.5) is 0 Å². The summed E-state index contributed by atoms with van der Waals surface area (Å²) < 4.78 is 0. The summed E-state index contributed by atoms with van der Waals surface area (Å²) in [4.78, 5) is 20.1. The molecule has 1 aromatic rings. The third kappa shape index (κ3) is 6.22. The van der Waals surface area contributed by atoms with E-state index in [1.807, 2.05) is 10.8 Å². The first-order chi connectivity index (χ1) is 8.22. The van der Waals surface area contributed by atoms with Crippen molar-refractivity contribution in [3.05, 3.63) is 22.4 Å². The van der Waals surface area contributed by atoms with Gasteiger partial charge in [-0.05, 0) is 30.2 Å². The number of aliphatic carboxylic acids is 1. The first-order valence-electron chi connectivity index (χ1n) is 5.91. The Morgan fingerprint density at radius 2 is 2.12 bits per heavy atom. The highest BCUT2D eigenvalue weighted by Crippen LogP contribution is 2.25. The van der Waals surface area contributed by atoms with Crippen molar-refractivity contribution in [2.24, 2.45) is 5.92 Å². The number of carboxylic acids is 1. The van der Waals surface area contributed by atoms with Gasteiger partial charge in [-0.25, -0.2) is 0 Å². The van der Waals surface area contributed by atoms with E-state index in [2.05, 4.69) is 0 Å². The molecule has 0 atom stereocenters. The number of carbonyl (C=O) groups excluding carboxylic acids is 1. The maximum Gasteiger partial charge on any atom is 0.303 e. The zero-order chi connectivity index (χ0) is 12.5. The molecule has 1 aliphatic rings. The van der Waals surface area contributed by atoms with E-state index < -0.39 is 5.97 Å². The van der Waals surface area contributed by atoms with Crippen molar-refractivity contribution in [1.29, 1.82) is 0 Å². The number of carbonyl (C=O) groups is 2. The summed E-state index contributed by atoms with van der Waals surface area (Å²) in [5.41, 5.74) is 0.769. The summed E-state index contributed by atoms with van der Waals surface area (Å²) in [5.74, 6) is -0.154. The number of aldehydes is 1. The van der Waals surface area contributed by atoms with Gasteiger partial charge in [0, 0.05) is 17.4 Å². The fourth-order valence-electron chi connectivity index (χ4n) is 1.98. The van der Waals surface area contributed by atoms with Gasteiger partial charge < -0.3 is 5.11 Å². The molecule has 1 aromatic heterocycles. The van der Waals surface area contributed by atoms with E-state index in [0.717, 1.165) is 24.7 Å². The number of thiophene rings is 1. The molecule has 1 heterocycles. The van der Waals surface area contributed by atoms with Crippen molar-refractivity contribution in [3.63, 3.8) is 0 Å². The first kappa shape index (κ1) is 13.9. The standard InChI is InChI=1S/C8H14O2.C5H4OS/c9-8(10)6-7-4-2-1-3-5-7;6-3-5-1-2-7-4-5/h7H,1-6H2,(H,9,10);1-4H. The Labute approximate surface area is 105 Å². The van der Waals surface area contributed by atoms with Gasteiger partial charge in [0.15, 0.2) is 6.29 Å². The molecule has 1 aliphatic carbocycles. The van der Waals surface area contributed by atoms with Crippen LogP contribution in [0.2, 0.25) is 0 Å². The Bertz CT molecular complexity index is 326. The highest BCUT2D eigenvalue weighted by atomic mass is 32.1. The van der Waals surface area contributed by atoms with Crippen molar-refractivity contribution in [1.82, 2.24) is 0 Å². The van der Waals surface area contributed by atoms with Crippen LogP contribution in [0.1, 0.15) is 48.9 Å². The molecule has 0 spiro atoms. The molecule has 0 aliphatic heterocycles. The van der Waals surface area contributed by atoms with Gasteiger partial charge in [0.2, 0.25) is 0 Å². The number of carboxylic acid groups (broad SMARTS) is 1.